The first-order valence-electron chi connectivity index (χ1n) is 13.6. The maximum absolute atomic E-state index is 13.5. The van der Waals surface area contributed by atoms with Gasteiger partial charge in [-0.05, 0) is 74.1 Å². The number of nitrogens with zero attached hydrogens (tertiary/aromatic N) is 3. The molecule has 3 heterocycles. The van der Waals surface area contributed by atoms with Crippen molar-refractivity contribution in [3.63, 3.8) is 0 Å². The number of fused-ring (bicyclic) bond motifs is 1. The lowest BCUT2D eigenvalue weighted by molar-refractivity contribution is -0.127. The van der Waals surface area contributed by atoms with E-state index in [1.807, 2.05) is 58.3 Å². The molecule has 1 unspecified atom stereocenters. The Morgan fingerprint density at radius 1 is 1.08 bits per heavy atom. The van der Waals surface area contributed by atoms with Gasteiger partial charge in [-0.3, -0.25) is 9.59 Å². The maximum Gasteiger partial charge on any atom is 0.253 e. The van der Waals surface area contributed by atoms with Crippen LogP contribution in [0.5, 0.6) is 0 Å². The van der Waals surface area contributed by atoms with Crippen LogP contribution >= 0.6 is 0 Å². The number of rotatable bonds is 7. The van der Waals surface area contributed by atoms with Gasteiger partial charge in [0.25, 0.3) is 5.91 Å². The van der Waals surface area contributed by atoms with Crippen LogP contribution in [-0.2, 0) is 4.79 Å². The number of nitrogens with two attached hydrogens (primary N) is 1. The van der Waals surface area contributed by atoms with E-state index in [1.165, 1.54) is 0 Å². The van der Waals surface area contributed by atoms with Crippen LogP contribution in [0.25, 0.3) is 17.2 Å². The van der Waals surface area contributed by atoms with Crippen LogP contribution in [-0.4, -0.2) is 66.2 Å². The zero-order chi connectivity index (χ0) is 25.8. The molecule has 194 valence electrons. The fourth-order valence-corrected chi connectivity index (χ4v) is 5.54. The molecule has 2 fully saturated rings. The van der Waals surface area contributed by atoms with Gasteiger partial charge in [-0.2, -0.15) is 0 Å². The first kappa shape index (κ1) is 25.2. The second-order valence-electron chi connectivity index (χ2n) is 10.3. The predicted octanol–water partition coefficient (Wildman–Crippen LogP) is 4.36. The Kier molecular flexibility index (Phi) is 7.70. The lowest BCUT2D eigenvalue weighted by atomic mass is 9.99. The van der Waals surface area contributed by atoms with Crippen molar-refractivity contribution < 1.29 is 9.59 Å². The van der Waals surface area contributed by atoms with Crippen molar-refractivity contribution in [2.75, 3.05) is 32.7 Å². The fourth-order valence-electron chi connectivity index (χ4n) is 5.54. The van der Waals surface area contributed by atoms with Gasteiger partial charge in [-0.15, -0.1) is 0 Å². The molecule has 0 aromatic heterocycles. The summed E-state index contributed by atoms with van der Waals surface area (Å²) >= 11 is 0. The van der Waals surface area contributed by atoms with Gasteiger partial charge < -0.3 is 20.9 Å². The average Bonchev–Trinajstić information content (AvgIpc) is 3.60. The van der Waals surface area contributed by atoms with E-state index >= 15 is 0 Å². The van der Waals surface area contributed by atoms with Crippen molar-refractivity contribution in [2.45, 2.75) is 51.5 Å². The van der Waals surface area contributed by atoms with E-state index in [1.54, 1.807) is 0 Å². The molecule has 3 aliphatic heterocycles. The number of benzene rings is 2. The van der Waals surface area contributed by atoms with Crippen molar-refractivity contribution in [1.82, 2.24) is 15.1 Å². The number of carbonyl (C=O) groups excluding carboxylic acids is 2. The second-order valence-corrected chi connectivity index (χ2v) is 10.3. The number of aliphatic imine (C=N–C) groups is 1. The summed E-state index contributed by atoms with van der Waals surface area (Å²) in [7, 11) is 0. The number of amides is 2. The number of likely N-dealkylation sites (tertiary alicyclic amines) is 1. The van der Waals surface area contributed by atoms with Crippen molar-refractivity contribution in [1.29, 1.82) is 0 Å². The third kappa shape index (κ3) is 5.77. The summed E-state index contributed by atoms with van der Waals surface area (Å²) in [5, 5.41) is 3.50. The van der Waals surface area contributed by atoms with Crippen LogP contribution in [0, 0.1) is 0 Å². The number of hydrogen-bond acceptors (Lipinski definition) is 5. The first-order chi connectivity index (χ1) is 18.0. The zero-order valence-electron chi connectivity index (χ0n) is 21.7. The summed E-state index contributed by atoms with van der Waals surface area (Å²) in [6.45, 7) is 6.27. The molecule has 0 aliphatic carbocycles. The van der Waals surface area contributed by atoms with Crippen LogP contribution in [0.2, 0.25) is 0 Å². The van der Waals surface area contributed by atoms with Crippen molar-refractivity contribution in [3.05, 3.63) is 59.2 Å². The van der Waals surface area contributed by atoms with E-state index in [-0.39, 0.29) is 11.8 Å². The van der Waals surface area contributed by atoms with E-state index in [4.69, 9.17) is 5.73 Å². The predicted molar refractivity (Wildman–Crippen MR) is 149 cm³/mol. The van der Waals surface area contributed by atoms with Crippen molar-refractivity contribution in [3.8, 4) is 11.1 Å². The molecule has 0 radical (unpaired) electrons. The molecule has 37 heavy (non-hydrogen) atoms. The Morgan fingerprint density at radius 3 is 2.54 bits per heavy atom. The van der Waals surface area contributed by atoms with E-state index in [2.05, 4.69) is 17.2 Å². The Labute approximate surface area is 219 Å². The van der Waals surface area contributed by atoms with E-state index in [0.717, 1.165) is 92.8 Å². The standard InChI is InChI=1S/C30H37N5O2/c1-2-14-35(20-26-6-5-13-32-26)30(37)25-17-24-12-11-23(18-27(24)33-28(31)19-25)21-7-9-22(10-8-21)29(36)34-15-3-4-16-34/h7-12,17-18,26,32H,2-6,13-16,19-20H2,1H3,(H2,31,33). The molecule has 7 heteroatoms. The number of hydrogen-bond donors (Lipinski definition) is 2. The Bertz CT molecular complexity index is 1200. The largest absolute Gasteiger partial charge is 0.387 e. The second kappa shape index (κ2) is 11.3. The van der Waals surface area contributed by atoms with Crippen LogP contribution in [0.3, 0.4) is 0 Å². The molecule has 2 amide bonds. The Morgan fingerprint density at radius 2 is 1.84 bits per heavy atom. The molecule has 2 saturated heterocycles. The highest BCUT2D eigenvalue weighted by molar-refractivity contribution is 6.05. The first-order valence-corrected chi connectivity index (χ1v) is 13.6. The monoisotopic (exact) mass is 499 g/mol. The summed E-state index contributed by atoms with van der Waals surface area (Å²) in [6.07, 6.45) is 7.64. The summed E-state index contributed by atoms with van der Waals surface area (Å²) in [4.78, 5) is 34.8. The lowest BCUT2D eigenvalue weighted by Gasteiger charge is -2.26. The lowest BCUT2D eigenvalue weighted by Crippen LogP contribution is -2.42. The normalized spacial score (nSPS) is 19.2. The van der Waals surface area contributed by atoms with E-state index < -0.39 is 0 Å². The summed E-state index contributed by atoms with van der Waals surface area (Å²) in [6, 6.07) is 14.2. The molecule has 5 rings (SSSR count). The molecule has 7 nitrogen and oxygen atoms in total. The van der Waals surface area contributed by atoms with Gasteiger partial charge in [0.05, 0.1) is 5.69 Å². The highest BCUT2D eigenvalue weighted by Crippen LogP contribution is 2.32. The number of carbonyl (C=O) groups is 2. The van der Waals surface area contributed by atoms with Crippen LogP contribution in [0.1, 0.15) is 61.4 Å². The van der Waals surface area contributed by atoms with Gasteiger partial charge in [-0.1, -0.05) is 31.2 Å². The zero-order valence-corrected chi connectivity index (χ0v) is 21.7. The summed E-state index contributed by atoms with van der Waals surface area (Å²) in [5.41, 5.74) is 11.4. The van der Waals surface area contributed by atoms with Crippen molar-refractivity contribution in [2.24, 2.45) is 10.7 Å². The van der Waals surface area contributed by atoms with Gasteiger partial charge in [0.15, 0.2) is 0 Å². The summed E-state index contributed by atoms with van der Waals surface area (Å²) < 4.78 is 0. The minimum absolute atomic E-state index is 0.0453. The molecule has 3 aliphatic rings. The molecule has 2 aromatic carbocycles. The van der Waals surface area contributed by atoms with E-state index in [0.29, 0.717) is 23.9 Å². The van der Waals surface area contributed by atoms with Crippen LogP contribution in [0.15, 0.2) is 53.0 Å². The fraction of sp³-hybridized carbons (Fsp3) is 0.433. The molecule has 3 N–H and O–H groups in total. The highest BCUT2D eigenvalue weighted by Gasteiger charge is 2.25. The molecule has 0 spiro atoms. The van der Waals surface area contributed by atoms with Crippen molar-refractivity contribution >= 4 is 29.4 Å². The highest BCUT2D eigenvalue weighted by atomic mass is 16.2. The third-order valence-corrected chi connectivity index (χ3v) is 7.51. The van der Waals surface area contributed by atoms with Gasteiger partial charge in [0.2, 0.25) is 5.91 Å². The average molecular weight is 500 g/mol. The molecule has 1 atom stereocenters. The number of nitrogens with one attached hydrogen (secondary N) is 1. The molecule has 0 bridgehead atoms. The third-order valence-electron chi connectivity index (χ3n) is 7.51. The van der Waals surface area contributed by atoms with Gasteiger partial charge in [-0.25, -0.2) is 4.99 Å². The number of amidine groups is 1. The quantitative estimate of drug-likeness (QED) is 0.592. The summed E-state index contributed by atoms with van der Waals surface area (Å²) in [5.74, 6) is 0.591. The molecular formula is C30H37N5O2. The van der Waals surface area contributed by atoms with Gasteiger partial charge >= 0.3 is 0 Å². The van der Waals surface area contributed by atoms with Gasteiger partial charge in [0.1, 0.15) is 5.84 Å². The SMILES string of the molecule is CCCN(CC1CCCN1)C(=O)C1=Cc2ccc(-c3ccc(C(=O)N4CCCC4)cc3)cc2N=C(N)C1. The minimum Gasteiger partial charge on any atom is -0.387 e. The molecule has 2 aromatic rings. The topological polar surface area (TPSA) is 91.0 Å². The maximum atomic E-state index is 13.5. The van der Waals surface area contributed by atoms with Gasteiger partial charge in [0, 0.05) is 55.3 Å². The molecule has 0 saturated carbocycles. The van der Waals surface area contributed by atoms with Crippen LogP contribution < -0.4 is 11.1 Å². The Hall–Kier alpha value is -3.45. The minimum atomic E-state index is 0.0453. The molecular weight excluding hydrogens is 462 g/mol. The van der Waals surface area contributed by atoms with E-state index in [9.17, 15) is 9.59 Å². The van der Waals surface area contributed by atoms with Crippen LogP contribution in [0.4, 0.5) is 5.69 Å². The Balaban J connectivity index is 1.36. The smallest absolute Gasteiger partial charge is 0.253 e.